The molecule has 0 atom stereocenters. The molecule has 0 bridgehead atoms. The first-order chi connectivity index (χ1) is 8.72. The van der Waals surface area contributed by atoms with E-state index < -0.39 is 0 Å². The molecule has 2 nitrogen and oxygen atoms in total. The standard InChI is InChI=1S/C16H25NO/c1-2-3-8-14-10-7-11-15(13-14)9-5-4-6-12-16(17)18/h7,10-11,13H,2-6,8-9,12H2,1H3,(H2,17,18). The zero-order valence-electron chi connectivity index (χ0n) is 11.5. The fraction of sp³-hybridized carbons (Fsp3) is 0.562. The fourth-order valence-electron chi connectivity index (χ4n) is 2.13. The van der Waals surface area contributed by atoms with Crippen molar-refractivity contribution in [2.24, 2.45) is 5.73 Å². The van der Waals surface area contributed by atoms with E-state index in [1.165, 1.54) is 30.4 Å². The van der Waals surface area contributed by atoms with Gasteiger partial charge < -0.3 is 5.73 Å². The summed E-state index contributed by atoms with van der Waals surface area (Å²) >= 11 is 0. The fourth-order valence-corrected chi connectivity index (χ4v) is 2.13. The number of carbonyl (C=O) groups excluding carboxylic acids is 1. The van der Waals surface area contributed by atoms with Gasteiger partial charge in [0.05, 0.1) is 0 Å². The minimum Gasteiger partial charge on any atom is -0.370 e. The van der Waals surface area contributed by atoms with Gasteiger partial charge in [-0.25, -0.2) is 0 Å². The SMILES string of the molecule is CCCCc1cccc(CCCCCC(N)=O)c1. The van der Waals surface area contributed by atoms with E-state index in [-0.39, 0.29) is 5.91 Å². The molecule has 1 amide bonds. The first kappa shape index (κ1) is 14.7. The summed E-state index contributed by atoms with van der Waals surface area (Å²) in [6.07, 6.45) is 8.48. The topological polar surface area (TPSA) is 43.1 Å². The Labute approximate surface area is 111 Å². The number of unbranched alkanes of at least 4 members (excludes halogenated alkanes) is 3. The minimum absolute atomic E-state index is 0.184. The highest BCUT2D eigenvalue weighted by Gasteiger charge is 1.98. The third-order valence-corrected chi connectivity index (χ3v) is 3.20. The van der Waals surface area contributed by atoms with Gasteiger partial charge >= 0.3 is 0 Å². The maximum absolute atomic E-state index is 10.6. The molecular formula is C16H25NO. The van der Waals surface area contributed by atoms with E-state index in [1.807, 2.05) is 0 Å². The van der Waals surface area contributed by atoms with E-state index in [0.717, 1.165) is 25.7 Å². The van der Waals surface area contributed by atoms with Gasteiger partial charge in [0.15, 0.2) is 0 Å². The first-order valence-electron chi connectivity index (χ1n) is 7.08. The molecule has 0 saturated carbocycles. The van der Waals surface area contributed by atoms with Crippen LogP contribution >= 0.6 is 0 Å². The number of hydrogen-bond donors (Lipinski definition) is 1. The van der Waals surface area contributed by atoms with Crippen molar-refractivity contribution >= 4 is 5.91 Å². The molecule has 0 aliphatic heterocycles. The van der Waals surface area contributed by atoms with Crippen molar-refractivity contribution < 1.29 is 4.79 Å². The van der Waals surface area contributed by atoms with Crippen molar-refractivity contribution in [3.05, 3.63) is 35.4 Å². The lowest BCUT2D eigenvalue weighted by molar-refractivity contribution is -0.118. The van der Waals surface area contributed by atoms with E-state index in [0.29, 0.717) is 6.42 Å². The van der Waals surface area contributed by atoms with Gasteiger partial charge in [-0.3, -0.25) is 4.79 Å². The molecule has 1 rings (SSSR count). The third kappa shape index (κ3) is 6.43. The zero-order valence-corrected chi connectivity index (χ0v) is 11.5. The first-order valence-corrected chi connectivity index (χ1v) is 7.08. The van der Waals surface area contributed by atoms with Crippen LogP contribution in [0.15, 0.2) is 24.3 Å². The van der Waals surface area contributed by atoms with Crippen molar-refractivity contribution in [2.45, 2.75) is 58.3 Å². The van der Waals surface area contributed by atoms with Crippen molar-refractivity contribution in [3.8, 4) is 0 Å². The van der Waals surface area contributed by atoms with E-state index in [9.17, 15) is 4.79 Å². The highest BCUT2D eigenvalue weighted by Crippen LogP contribution is 2.12. The van der Waals surface area contributed by atoms with Crippen LogP contribution < -0.4 is 5.73 Å². The maximum Gasteiger partial charge on any atom is 0.217 e. The maximum atomic E-state index is 10.6. The summed E-state index contributed by atoms with van der Waals surface area (Å²) in [6.45, 7) is 2.22. The van der Waals surface area contributed by atoms with Gasteiger partial charge in [-0.15, -0.1) is 0 Å². The van der Waals surface area contributed by atoms with Gasteiger partial charge in [0, 0.05) is 6.42 Å². The molecule has 1 aromatic carbocycles. The Morgan fingerprint density at radius 1 is 1.06 bits per heavy atom. The zero-order chi connectivity index (χ0) is 13.2. The molecule has 0 radical (unpaired) electrons. The summed E-state index contributed by atoms with van der Waals surface area (Å²) in [5.41, 5.74) is 7.98. The molecule has 0 saturated heterocycles. The van der Waals surface area contributed by atoms with Gasteiger partial charge in [0.25, 0.3) is 0 Å². The summed E-state index contributed by atoms with van der Waals surface area (Å²) in [7, 11) is 0. The lowest BCUT2D eigenvalue weighted by Gasteiger charge is -2.05. The van der Waals surface area contributed by atoms with Crippen LogP contribution in [0.3, 0.4) is 0 Å². The minimum atomic E-state index is -0.184. The summed E-state index contributed by atoms with van der Waals surface area (Å²) in [4.78, 5) is 10.6. The molecule has 0 fully saturated rings. The van der Waals surface area contributed by atoms with Crippen LogP contribution in [0, 0.1) is 0 Å². The molecule has 1 aromatic rings. The lowest BCUT2D eigenvalue weighted by atomic mass is 10.0. The van der Waals surface area contributed by atoms with Crippen LogP contribution in [-0.2, 0) is 17.6 Å². The monoisotopic (exact) mass is 247 g/mol. The molecule has 2 N–H and O–H groups in total. The average molecular weight is 247 g/mol. The lowest BCUT2D eigenvalue weighted by Crippen LogP contribution is -2.09. The highest BCUT2D eigenvalue weighted by atomic mass is 16.1. The Kier molecular flexibility index (Phi) is 7.16. The molecule has 100 valence electrons. The van der Waals surface area contributed by atoms with Gasteiger partial charge in [-0.05, 0) is 43.2 Å². The molecule has 0 aliphatic rings. The second-order valence-electron chi connectivity index (χ2n) is 4.95. The van der Waals surface area contributed by atoms with Gasteiger partial charge in [0.2, 0.25) is 5.91 Å². The summed E-state index contributed by atoms with van der Waals surface area (Å²) in [5.74, 6) is -0.184. The van der Waals surface area contributed by atoms with Gasteiger partial charge in [-0.2, -0.15) is 0 Å². The quantitative estimate of drug-likeness (QED) is 0.665. The van der Waals surface area contributed by atoms with Crippen molar-refractivity contribution in [2.75, 3.05) is 0 Å². The van der Waals surface area contributed by atoms with E-state index >= 15 is 0 Å². The number of amides is 1. The molecule has 0 spiro atoms. The Morgan fingerprint density at radius 2 is 1.72 bits per heavy atom. The summed E-state index contributed by atoms with van der Waals surface area (Å²) < 4.78 is 0. The van der Waals surface area contributed by atoms with E-state index in [1.54, 1.807) is 0 Å². The average Bonchev–Trinajstić information content (AvgIpc) is 2.36. The van der Waals surface area contributed by atoms with Crippen molar-refractivity contribution in [1.82, 2.24) is 0 Å². The number of benzene rings is 1. The Morgan fingerprint density at radius 3 is 2.33 bits per heavy atom. The number of primary amides is 1. The number of nitrogens with two attached hydrogens (primary N) is 1. The molecule has 0 heterocycles. The third-order valence-electron chi connectivity index (χ3n) is 3.20. The molecule has 2 heteroatoms. The predicted octanol–water partition coefficient (Wildman–Crippen LogP) is 3.62. The normalized spacial score (nSPS) is 10.5. The van der Waals surface area contributed by atoms with E-state index in [4.69, 9.17) is 5.73 Å². The summed E-state index contributed by atoms with van der Waals surface area (Å²) in [6, 6.07) is 8.89. The molecule has 0 aliphatic carbocycles. The Hall–Kier alpha value is -1.31. The van der Waals surface area contributed by atoms with Crippen LogP contribution in [0.25, 0.3) is 0 Å². The second kappa shape index (κ2) is 8.73. The van der Waals surface area contributed by atoms with Gasteiger partial charge in [-0.1, -0.05) is 44.0 Å². The van der Waals surface area contributed by atoms with Crippen molar-refractivity contribution in [1.29, 1.82) is 0 Å². The van der Waals surface area contributed by atoms with Crippen molar-refractivity contribution in [3.63, 3.8) is 0 Å². The van der Waals surface area contributed by atoms with E-state index in [2.05, 4.69) is 31.2 Å². The molecular weight excluding hydrogens is 222 g/mol. The number of aryl methyl sites for hydroxylation is 2. The highest BCUT2D eigenvalue weighted by molar-refractivity contribution is 5.73. The van der Waals surface area contributed by atoms with Gasteiger partial charge in [0.1, 0.15) is 0 Å². The smallest absolute Gasteiger partial charge is 0.217 e. The number of hydrogen-bond acceptors (Lipinski definition) is 1. The van der Waals surface area contributed by atoms with Crippen LogP contribution in [0.2, 0.25) is 0 Å². The largest absolute Gasteiger partial charge is 0.370 e. The number of carbonyl (C=O) groups is 1. The van der Waals surface area contributed by atoms with Crippen LogP contribution in [0.4, 0.5) is 0 Å². The molecule has 0 unspecified atom stereocenters. The van der Waals surface area contributed by atoms with Crippen LogP contribution in [0.5, 0.6) is 0 Å². The number of rotatable bonds is 9. The van der Waals surface area contributed by atoms with Crippen LogP contribution in [-0.4, -0.2) is 5.91 Å². The second-order valence-corrected chi connectivity index (χ2v) is 4.95. The Balaban J connectivity index is 2.26. The van der Waals surface area contributed by atoms with Crippen LogP contribution in [0.1, 0.15) is 56.6 Å². The molecule has 0 aromatic heterocycles. The predicted molar refractivity (Wildman–Crippen MR) is 76.4 cm³/mol. The molecule has 18 heavy (non-hydrogen) atoms. The summed E-state index contributed by atoms with van der Waals surface area (Å²) in [5, 5.41) is 0. The Bertz CT molecular complexity index is 360.